The van der Waals surface area contributed by atoms with Crippen LogP contribution >= 0.6 is 0 Å². The second-order valence-corrected chi connectivity index (χ2v) is 5.43. The van der Waals surface area contributed by atoms with Crippen molar-refractivity contribution < 1.29 is 23.0 Å². The summed E-state index contributed by atoms with van der Waals surface area (Å²) in [5.74, 6) is -1.04. The van der Waals surface area contributed by atoms with Gasteiger partial charge in [-0.05, 0) is 30.0 Å². The van der Waals surface area contributed by atoms with Crippen molar-refractivity contribution in [2.45, 2.75) is 19.8 Å². The molecule has 0 N–H and O–H groups in total. The zero-order valence-electron chi connectivity index (χ0n) is 13.1. The van der Waals surface area contributed by atoms with Crippen molar-refractivity contribution in [2.75, 3.05) is 6.61 Å². The van der Waals surface area contributed by atoms with Crippen LogP contribution in [0.5, 0.6) is 5.75 Å². The SMILES string of the molecule is CCCCOC(=O)Oc1c2cccc(F)c2cc2cccc(F)c12. The van der Waals surface area contributed by atoms with Gasteiger partial charge in [0.1, 0.15) is 11.6 Å². The Hall–Kier alpha value is -2.69. The molecule has 0 atom stereocenters. The highest BCUT2D eigenvalue weighted by molar-refractivity contribution is 6.06. The van der Waals surface area contributed by atoms with Gasteiger partial charge in [0.25, 0.3) is 0 Å². The molecule has 124 valence electrons. The molecule has 3 aromatic carbocycles. The summed E-state index contributed by atoms with van der Waals surface area (Å²) >= 11 is 0. The number of halogens is 2. The van der Waals surface area contributed by atoms with E-state index in [1.54, 1.807) is 18.2 Å². The van der Waals surface area contributed by atoms with Gasteiger partial charge in [-0.2, -0.15) is 0 Å². The number of benzene rings is 3. The molecule has 3 nitrogen and oxygen atoms in total. The van der Waals surface area contributed by atoms with Gasteiger partial charge in [-0.3, -0.25) is 0 Å². The van der Waals surface area contributed by atoms with E-state index < -0.39 is 17.8 Å². The lowest BCUT2D eigenvalue weighted by Crippen LogP contribution is -2.12. The molecular weight excluding hydrogens is 314 g/mol. The fourth-order valence-corrected chi connectivity index (χ4v) is 2.59. The summed E-state index contributed by atoms with van der Waals surface area (Å²) in [6.45, 7) is 2.18. The number of hydrogen-bond donors (Lipinski definition) is 0. The summed E-state index contributed by atoms with van der Waals surface area (Å²) in [5.41, 5.74) is 0. The largest absolute Gasteiger partial charge is 0.513 e. The van der Waals surface area contributed by atoms with Crippen molar-refractivity contribution in [3.63, 3.8) is 0 Å². The fraction of sp³-hybridized carbons (Fsp3) is 0.211. The lowest BCUT2D eigenvalue weighted by Gasteiger charge is -2.12. The quantitative estimate of drug-likeness (QED) is 0.271. The third-order valence-corrected chi connectivity index (χ3v) is 3.77. The highest BCUT2D eigenvalue weighted by Crippen LogP contribution is 2.37. The topological polar surface area (TPSA) is 35.5 Å². The van der Waals surface area contributed by atoms with E-state index in [-0.39, 0.29) is 23.1 Å². The van der Waals surface area contributed by atoms with Gasteiger partial charge in [-0.15, -0.1) is 0 Å². The van der Waals surface area contributed by atoms with E-state index in [2.05, 4.69) is 0 Å². The third kappa shape index (κ3) is 3.02. The van der Waals surface area contributed by atoms with E-state index in [0.717, 1.165) is 6.42 Å². The number of ether oxygens (including phenoxy) is 2. The molecule has 0 saturated heterocycles. The molecule has 0 amide bonds. The second kappa shape index (κ2) is 6.83. The Bertz CT molecular complexity index is 906. The van der Waals surface area contributed by atoms with E-state index in [4.69, 9.17) is 9.47 Å². The maximum absolute atomic E-state index is 14.3. The van der Waals surface area contributed by atoms with Crippen LogP contribution in [0.15, 0.2) is 42.5 Å². The van der Waals surface area contributed by atoms with E-state index >= 15 is 0 Å². The standard InChI is InChI=1S/C19H16F2O3/c1-2-3-10-23-19(22)24-18-13-7-5-8-15(20)14(13)11-12-6-4-9-16(21)17(12)18/h4-9,11H,2-3,10H2,1H3. The number of rotatable bonds is 4. The first-order chi connectivity index (χ1) is 11.6. The van der Waals surface area contributed by atoms with E-state index in [1.165, 1.54) is 24.3 Å². The number of fused-ring (bicyclic) bond motifs is 2. The third-order valence-electron chi connectivity index (χ3n) is 3.77. The minimum atomic E-state index is -0.926. The Balaban J connectivity index is 2.14. The van der Waals surface area contributed by atoms with Crippen LogP contribution in [0.3, 0.4) is 0 Å². The molecule has 0 aromatic heterocycles. The maximum Gasteiger partial charge on any atom is 0.513 e. The van der Waals surface area contributed by atoms with Crippen LogP contribution in [-0.4, -0.2) is 12.8 Å². The molecule has 0 aliphatic heterocycles. The summed E-state index contributed by atoms with van der Waals surface area (Å²) in [6.07, 6.45) is 0.642. The predicted molar refractivity (Wildman–Crippen MR) is 88.3 cm³/mol. The van der Waals surface area contributed by atoms with Gasteiger partial charge in [0.15, 0.2) is 5.75 Å². The van der Waals surface area contributed by atoms with Gasteiger partial charge in [0, 0.05) is 10.8 Å². The summed E-state index contributed by atoms with van der Waals surface area (Å²) in [6, 6.07) is 10.3. The first kappa shape index (κ1) is 16.2. The molecule has 5 heteroatoms. The molecule has 0 saturated carbocycles. The highest BCUT2D eigenvalue weighted by atomic mass is 19.1. The average molecular weight is 330 g/mol. The van der Waals surface area contributed by atoms with Gasteiger partial charge >= 0.3 is 6.16 Å². The lowest BCUT2D eigenvalue weighted by atomic mass is 10.0. The Kier molecular flexibility index (Phi) is 4.60. The smallest absolute Gasteiger partial charge is 0.434 e. The Labute approximate surface area is 137 Å². The Morgan fingerprint density at radius 2 is 1.79 bits per heavy atom. The molecule has 0 fully saturated rings. The highest BCUT2D eigenvalue weighted by Gasteiger charge is 2.18. The first-order valence-corrected chi connectivity index (χ1v) is 7.76. The normalized spacial score (nSPS) is 11.0. The van der Waals surface area contributed by atoms with Gasteiger partial charge in [0.2, 0.25) is 0 Å². The fourth-order valence-electron chi connectivity index (χ4n) is 2.59. The molecule has 0 radical (unpaired) electrons. The van der Waals surface area contributed by atoms with Crippen molar-refractivity contribution in [1.29, 1.82) is 0 Å². The minimum Gasteiger partial charge on any atom is -0.434 e. The molecule has 0 spiro atoms. The molecule has 0 aliphatic carbocycles. The van der Waals surface area contributed by atoms with Crippen LogP contribution in [0.2, 0.25) is 0 Å². The number of carbonyl (C=O) groups excluding carboxylic acids is 1. The predicted octanol–water partition coefficient (Wildman–Crippen LogP) is 5.59. The van der Waals surface area contributed by atoms with Crippen molar-refractivity contribution >= 4 is 27.7 Å². The minimum absolute atomic E-state index is 0.0263. The zero-order chi connectivity index (χ0) is 17.1. The van der Waals surface area contributed by atoms with E-state index in [0.29, 0.717) is 17.2 Å². The lowest BCUT2D eigenvalue weighted by molar-refractivity contribution is 0.0987. The number of carbonyl (C=O) groups is 1. The van der Waals surface area contributed by atoms with Crippen LogP contribution in [0.1, 0.15) is 19.8 Å². The van der Waals surface area contributed by atoms with Crippen LogP contribution < -0.4 is 4.74 Å². The molecule has 3 rings (SSSR count). The molecule has 0 heterocycles. The molecule has 0 bridgehead atoms. The molecule has 0 unspecified atom stereocenters. The van der Waals surface area contributed by atoms with Gasteiger partial charge < -0.3 is 9.47 Å². The number of unbranched alkanes of at least 4 members (excludes halogenated alkanes) is 1. The monoisotopic (exact) mass is 330 g/mol. The molecule has 3 aromatic rings. The van der Waals surface area contributed by atoms with Crippen LogP contribution in [0.4, 0.5) is 13.6 Å². The Morgan fingerprint density at radius 1 is 1.04 bits per heavy atom. The molecular formula is C19H16F2O3. The molecule has 0 aliphatic rings. The van der Waals surface area contributed by atoms with Crippen LogP contribution in [0.25, 0.3) is 21.5 Å². The van der Waals surface area contributed by atoms with Crippen molar-refractivity contribution in [2.24, 2.45) is 0 Å². The summed E-state index contributed by atoms with van der Waals surface area (Å²) in [7, 11) is 0. The van der Waals surface area contributed by atoms with Crippen LogP contribution in [0, 0.1) is 11.6 Å². The van der Waals surface area contributed by atoms with Gasteiger partial charge in [0.05, 0.1) is 12.0 Å². The summed E-state index contributed by atoms with van der Waals surface area (Å²) in [5, 5.41) is 1.15. The van der Waals surface area contributed by atoms with Crippen LogP contribution in [-0.2, 0) is 4.74 Å². The Morgan fingerprint density at radius 3 is 2.58 bits per heavy atom. The maximum atomic E-state index is 14.3. The van der Waals surface area contributed by atoms with E-state index in [1.807, 2.05) is 6.92 Å². The van der Waals surface area contributed by atoms with E-state index in [9.17, 15) is 13.6 Å². The van der Waals surface area contributed by atoms with Crippen molar-refractivity contribution in [1.82, 2.24) is 0 Å². The van der Waals surface area contributed by atoms with Crippen molar-refractivity contribution in [3.8, 4) is 5.75 Å². The summed E-state index contributed by atoms with van der Waals surface area (Å²) in [4.78, 5) is 11.9. The van der Waals surface area contributed by atoms with Gasteiger partial charge in [-0.1, -0.05) is 37.6 Å². The zero-order valence-corrected chi connectivity index (χ0v) is 13.1. The number of hydrogen-bond acceptors (Lipinski definition) is 3. The summed E-state index contributed by atoms with van der Waals surface area (Å²) < 4.78 is 38.7. The van der Waals surface area contributed by atoms with Crippen molar-refractivity contribution in [3.05, 3.63) is 54.1 Å². The second-order valence-electron chi connectivity index (χ2n) is 5.43. The average Bonchev–Trinajstić information content (AvgIpc) is 2.56. The first-order valence-electron chi connectivity index (χ1n) is 7.76. The molecule has 24 heavy (non-hydrogen) atoms. The van der Waals surface area contributed by atoms with Gasteiger partial charge in [-0.25, -0.2) is 13.6 Å².